The Labute approximate surface area is 118 Å². The number of alkyl halides is 1. The van der Waals surface area contributed by atoms with Gasteiger partial charge in [-0.05, 0) is 36.6 Å². The Balaban J connectivity index is 2.23. The van der Waals surface area contributed by atoms with Gasteiger partial charge in [0.1, 0.15) is 17.5 Å². The molecule has 1 atom stereocenters. The Kier molecular flexibility index (Phi) is 4.30. The molecule has 0 amide bonds. The summed E-state index contributed by atoms with van der Waals surface area (Å²) >= 11 is 3.35. The fourth-order valence-electron chi connectivity index (χ4n) is 1.88. The van der Waals surface area contributed by atoms with Gasteiger partial charge in [-0.1, -0.05) is 34.1 Å². The molecule has 0 nitrogen and oxygen atoms in total. The zero-order chi connectivity index (χ0) is 14.0. The highest BCUT2D eigenvalue weighted by Crippen LogP contribution is 2.30. The summed E-state index contributed by atoms with van der Waals surface area (Å²) in [6.07, 6.45) is 0.256. The van der Waals surface area contributed by atoms with Gasteiger partial charge in [0.15, 0.2) is 0 Å². The topological polar surface area (TPSA) is 0 Å². The minimum Gasteiger partial charge on any atom is -0.207 e. The van der Waals surface area contributed by atoms with Gasteiger partial charge in [-0.3, -0.25) is 0 Å². The lowest BCUT2D eigenvalue weighted by molar-refractivity contribution is 0.568. The van der Waals surface area contributed by atoms with E-state index in [4.69, 9.17) is 0 Å². The highest BCUT2D eigenvalue weighted by Gasteiger charge is 2.15. The molecule has 1 unspecified atom stereocenters. The molecule has 4 heteroatoms. The van der Waals surface area contributed by atoms with Crippen molar-refractivity contribution < 1.29 is 13.2 Å². The van der Waals surface area contributed by atoms with E-state index in [1.807, 2.05) is 0 Å². The molecule has 0 fully saturated rings. The lowest BCUT2D eigenvalue weighted by atomic mass is 10.0. The Morgan fingerprint density at radius 1 is 1.00 bits per heavy atom. The SMILES string of the molecule is Cc1ccc(C(Br)Cc2ccc(F)cc2F)c(F)c1. The summed E-state index contributed by atoms with van der Waals surface area (Å²) in [5.41, 5.74) is 1.64. The monoisotopic (exact) mass is 328 g/mol. The summed E-state index contributed by atoms with van der Waals surface area (Å²) in [7, 11) is 0. The summed E-state index contributed by atoms with van der Waals surface area (Å²) < 4.78 is 40.1. The van der Waals surface area contributed by atoms with Crippen molar-refractivity contribution in [2.24, 2.45) is 0 Å². The molecule has 0 saturated heterocycles. The normalized spacial score (nSPS) is 12.5. The van der Waals surface area contributed by atoms with E-state index in [9.17, 15) is 13.2 Å². The molecule has 0 radical (unpaired) electrons. The molecule has 0 heterocycles. The molecule has 2 aromatic carbocycles. The zero-order valence-corrected chi connectivity index (χ0v) is 11.8. The van der Waals surface area contributed by atoms with Crippen LogP contribution in [-0.2, 0) is 6.42 Å². The first-order valence-corrected chi connectivity index (χ1v) is 6.73. The molecule has 0 aromatic heterocycles. The van der Waals surface area contributed by atoms with E-state index in [1.54, 1.807) is 19.1 Å². The van der Waals surface area contributed by atoms with Crippen LogP contribution in [0.3, 0.4) is 0 Å². The summed E-state index contributed by atoms with van der Waals surface area (Å²) in [6, 6.07) is 8.32. The van der Waals surface area contributed by atoms with E-state index in [0.29, 0.717) is 11.1 Å². The van der Waals surface area contributed by atoms with Gasteiger partial charge in [-0.25, -0.2) is 13.2 Å². The zero-order valence-electron chi connectivity index (χ0n) is 10.3. The van der Waals surface area contributed by atoms with Crippen LogP contribution in [0.4, 0.5) is 13.2 Å². The molecule has 0 N–H and O–H groups in total. The second kappa shape index (κ2) is 5.78. The average Bonchev–Trinajstić information content (AvgIpc) is 2.32. The molecule has 0 bridgehead atoms. The van der Waals surface area contributed by atoms with Crippen LogP contribution in [0.1, 0.15) is 21.5 Å². The van der Waals surface area contributed by atoms with Gasteiger partial charge in [0.05, 0.1) is 0 Å². The smallest absolute Gasteiger partial charge is 0.129 e. The summed E-state index contributed by atoms with van der Waals surface area (Å²) in [5, 5.41) is 0. The second-order valence-electron chi connectivity index (χ2n) is 4.43. The largest absolute Gasteiger partial charge is 0.207 e. The summed E-state index contributed by atoms with van der Waals surface area (Å²) in [4.78, 5) is -0.354. The number of benzene rings is 2. The molecular weight excluding hydrogens is 317 g/mol. The number of hydrogen-bond acceptors (Lipinski definition) is 0. The van der Waals surface area contributed by atoms with Crippen LogP contribution in [0.15, 0.2) is 36.4 Å². The fourth-order valence-corrected chi connectivity index (χ4v) is 2.60. The lowest BCUT2D eigenvalue weighted by Gasteiger charge is -2.12. The van der Waals surface area contributed by atoms with Crippen molar-refractivity contribution in [2.75, 3.05) is 0 Å². The van der Waals surface area contributed by atoms with Crippen molar-refractivity contribution in [3.05, 3.63) is 70.5 Å². The molecule has 2 aromatic rings. The van der Waals surface area contributed by atoms with Crippen LogP contribution in [0, 0.1) is 24.4 Å². The van der Waals surface area contributed by atoms with E-state index in [0.717, 1.165) is 11.6 Å². The van der Waals surface area contributed by atoms with Crippen molar-refractivity contribution >= 4 is 15.9 Å². The Morgan fingerprint density at radius 2 is 1.74 bits per heavy atom. The molecule has 2 rings (SSSR count). The second-order valence-corrected chi connectivity index (χ2v) is 5.54. The Hall–Kier alpha value is -1.29. The maximum absolute atomic E-state index is 13.8. The van der Waals surface area contributed by atoms with Crippen molar-refractivity contribution in [2.45, 2.75) is 18.2 Å². The maximum Gasteiger partial charge on any atom is 0.129 e. The van der Waals surface area contributed by atoms with Crippen LogP contribution < -0.4 is 0 Å². The number of aryl methyl sites for hydroxylation is 1. The van der Waals surface area contributed by atoms with Crippen molar-refractivity contribution in [1.29, 1.82) is 0 Å². The molecule has 100 valence electrons. The third kappa shape index (κ3) is 3.38. The van der Waals surface area contributed by atoms with Gasteiger partial charge in [0.2, 0.25) is 0 Å². The quantitative estimate of drug-likeness (QED) is 0.688. The van der Waals surface area contributed by atoms with E-state index in [1.165, 1.54) is 18.2 Å². The first kappa shape index (κ1) is 14.1. The summed E-state index contributed by atoms with van der Waals surface area (Å²) in [6.45, 7) is 1.80. The van der Waals surface area contributed by atoms with Crippen molar-refractivity contribution in [1.82, 2.24) is 0 Å². The van der Waals surface area contributed by atoms with Gasteiger partial charge in [0.25, 0.3) is 0 Å². The molecule has 0 saturated carbocycles. The molecule has 0 aliphatic rings. The van der Waals surface area contributed by atoms with Gasteiger partial charge < -0.3 is 0 Å². The van der Waals surface area contributed by atoms with Crippen LogP contribution in [-0.4, -0.2) is 0 Å². The Morgan fingerprint density at radius 3 is 2.37 bits per heavy atom. The first-order chi connectivity index (χ1) is 8.97. The fraction of sp³-hybridized carbons (Fsp3) is 0.200. The van der Waals surface area contributed by atoms with Crippen LogP contribution in [0.25, 0.3) is 0 Å². The average molecular weight is 329 g/mol. The van der Waals surface area contributed by atoms with Crippen LogP contribution in [0.5, 0.6) is 0 Å². The Bertz CT molecular complexity index is 596. The predicted molar refractivity (Wildman–Crippen MR) is 72.9 cm³/mol. The molecule has 0 aliphatic carbocycles. The van der Waals surface area contributed by atoms with Gasteiger partial charge in [0, 0.05) is 16.5 Å². The highest BCUT2D eigenvalue weighted by molar-refractivity contribution is 9.09. The number of halogens is 4. The summed E-state index contributed by atoms with van der Waals surface area (Å²) in [5.74, 6) is -1.56. The van der Waals surface area contributed by atoms with Crippen LogP contribution in [0.2, 0.25) is 0 Å². The third-order valence-corrected chi connectivity index (χ3v) is 3.72. The first-order valence-electron chi connectivity index (χ1n) is 5.81. The van der Waals surface area contributed by atoms with E-state index < -0.39 is 11.6 Å². The number of hydrogen-bond donors (Lipinski definition) is 0. The van der Waals surface area contributed by atoms with Crippen molar-refractivity contribution in [3.63, 3.8) is 0 Å². The van der Waals surface area contributed by atoms with E-state index >= 15 is 0 Å². The van der Waals surface area contributed by atoms with Gasteiger partial charge in [-0.15, -0.1) is 0 Å². The standard InChI is InChI=1S/C15H12BrF3/c1-9-2-5-12(15(19)6-9)13(16)7-10-3-4-11(17)8-14(10)18/h2-6,8,13H,7H2,1H3. The van der Waals surface area contributed by atoms with Gasteiger partial charge >= 0.3 is 0 Å². The predicted octanol–water partition coefficient (Wildman–Crippen LogP) is 5.09. The molecule has 0 aliphatic heterocycles. The molecular formula is C15H12BrF3. The lowest BCUT2D eigenvalue weighted by Crippen LogP contribution is -2.01. The van der Waals surface area contributed by atoms with E-state index in [2.05, 4.69) is 15.9 Å². The van der Waals surface area contributed by atoms with E-state index in [-0.39, 0.29) is 17.1 Å². The minimum atomic E-state index is -0.617. The maximum atomic E-state index is 13.8. The highest BCUT2D eigenvalue weighted by atomic mass is 79.9. The van der Waals surface area contributed by atoms with Gasteiger partial charge in [-0.2, -0.15) is 0 Å². The minimum absolute atomic E-state index is 0.256. The third-order valence-electron chi connectivity index (χ3n) is 2.91. The molecule has 0 spiro atoms. The van der Waals surface area contributed by atoms with Crippen molar-refractivity contribution in [3.8, 4) is 0 Å². The molecule has 19 heavy (non-hydrogen) atoms. The number of rotatable bonds is 3. The van der Waals surface area contributed by atoms with Crippen LogP contribution >= 0.6 is 15.9 Å².